The molecule has 2 aliphatic heterocycles. The highest BCUT2D eigenvalue weighted by Crippen LogP contribution is 2.24. The summed E-state index contributed by atoms with van der Waals surface area (Å²) in [7, 11) is 2.45. The predicted octanol–water partition coefficient (Wildman–Crippen LogP) is -1.71. The summed E-state index contributed by atoms with van der Waals surface area (Å²) >= 11 is 0. The lowest BCUT2D eigenvalue weighted by Gasteiger charge is -2.29. The Morgan fingerprint density at radius 3 is 1.96 bits per heavy atom. The van der Waals surface area contributed by atoms with E-state index in [9.17, 15) is 71.8 Å². The van der Waals surface area contributed by atoms with Crippen molar-refractivity contribution in [2.45, 2.75) is 167 Å². The molecule has 2 fully saturated rings. The van der Waals surface area contributed by atoms with Crippen molar-refractivity contribution in [2.24, 2.45) is 34.2 Å². The molecule has 1 aromatic rings. The molecule has 2 saturated heterocycles. The number of oxime groups is 1. The number of amides is 13. The molecule has 0 bridgehead atoms. The van der Waals surface area contributed by atoms with Gasteiger partial charge in [0.1, 0.15) is 54.7 Å². The van der Waals surface area contributed by atoms with E-state index in [0.29, 0.717) is 96.8 Å². The maximum Gasteiger partial charge on any atom is 0.260 e. The van der Waals surface area contributed by atoms with Crippen molar-refractivity contribution >= 4 is 105 Å². The number of carbonyl (C=O) groups is 13. The van der Waals surface area contributed by atoms with Gasteiger partial charge in [-0.2, -0.15) is 0 Å². The largest absolute Gasteiger partial charge is 0.508 e. The van der Waals surface area contributed by atoms with Crippen LogP contribution in [0.4, 0.5) is 4.39 Å². The van der Waals surface area contributed by atoms with Crippen molar-refractivity contribution in [3.63, 3.8) is 0 Å². The van der Waals surface area contributed by atoms with Crippen molar-refractivity contribution in [3.8, 4) is 5.75 Å². The third kappa shape index (κ3) is 38.9. The van der Waals surface area contributed by atoms with E-state index >= 15 is 0 Å². The molecule has 99 heavy (non-hydrogen) atoms. The number of benzene rings is 1. The standard InChI is InChI=1S/C48H77FN10O15S2.C15H26N4O4/c1-4-31(2)43-48(69)56-35(13-14-39(50)61)44(65)58-37(27-40(51)62)45(66)54-32(3)29-75-76-30-38(47(68)57-36(46(67)59-43)26-33-9-11-34(60)12-10-33)55-41(63)8-6-5-7-16-52-42(64)28-74-53-17-19-71-21-23-73-25-24-72-22-20-70-18-15-49;1-9(2)7-11(14(22)17-8-13(16)21)18-15(23)12-5-4-6-19(12)10(3)20/h9-12,17,31-32,35-38,43,60H,4-8,13-16,18-30H2,1-3H3,(H2,50,61)(H2,51,62)(H,52,64)(H,54,66)(H,55,63)(H,56,69)(H,57,68)(H,58,65)(H,59,67);9,11-12H,4-8H2,1-3H3,(H2,16,21)(H,17,22)(H,18,23)/b53-17+;/t31?,32-,35+,36+,37+,38+,43+;11-,12-/m10/s1. The SMILES string of the molecule is CC(=O)N1CCC[C@H]1C(=O)N[C@@H](CC(C)C)C(=O)NCC(N)=O.CCC(C)[C@@H]1NC(=O)[C@H](Cc2ccc(O)cc2)NC(=O)[C@@H](NC(=O)CCCCCNC(=O)CO/N=C/COCCOCCOCCOCCF)CSSC[C@@H](C)NC(=O)[C@H](CC(N)=O)NC(=O)[C@H](CCC(N)=O)NC1=O. The van der Waals surface area contributed by atoms with Gasteiger partial charge in [-0.15, -0.1) is 0 Å². The van der Waals surface area contributed by atoms with Crippen LogP contribution in [0.15, 0.2) is 29.4 Å². The number of aromatic hydroxyl groups is 1. The zero-order valence-corrected chi connectivity index (χ0v) is 59.0. The fourth-order valence-corrected chi connectivity index (χ4v) is 11.9. The highest BCUT2D eigenvalue weighted by atomic mass is 33.1. The fraction of sp³-hybridized carbons (Fsp3) is 0.683. The highest BCUT2D eigenvalue weighted by Gasteiger charge is 2.37. The molecule has 36 heteroatoms. The summed E-state index contributed by atoms with van der Waals surface area (Å²) in [6.07, 6.45) is 3.60. The summed E-state index contributed by atoms with van der Waals surface area (Å²) in [4.78, 5) is 173. The predicted molar refractivity (Wildman–Crippen MR) is 365 cm³/mol. The first-order chi connectivity index (χ1) is 47.1. The number of carbonyl (C=O) groups excluding carboxylic acids is 13. The molecule has 13 amide bonds. The molecule has 2 heterocycles. The van der Waals surface area contributed by atoms with Crippen molar-refractivity contribution in [1.82, 2.24) is 52.8 Å². The van der Waals surface area contributed by atoms with Crippen LogP contribution in [0, 0.1) is 11.8 Å². The summed E-state index contributed by atoms with van der Waals surface area (Å²) in [6, 6.07) is -2.71. The summed E-state index contributed by atoms with van der Waals surface area (Å²) < 4.78 is 32.9. The van der Waals surface area contributed by atoms with Crippen LogP contribution in [0.2, 0.25) is 0 Å². The van der Waals surface area contributed by atoms with E-state index < -0.39 is 132 Å². The van der Waals surface area contributed by atoms with Crippen LogP contribution in [0.1, 0.15) is 118 Å². The van der Waals surface area contributed by atoms with Gasteiger partial charge in [0.2, 0.25) is 70.9 Å². The average molecular weight is 1440 g/mol. The number of nitrogens with two attached hydrogens (primary N) is 3. The first-order valence-corrected chi connectivity index (χ1v) is 35.5. The lowest BCUT2D eigenvalue weighted by molar-refractivity contribution is -0.138. The number of rotatable bonds is 39. The number of hydrogen-bond acceptors (Lipinski definition) is 22. The molecule has 2 aliphatic rings. The van der Waals surface area contributed by atoms with Crippen LogP contribution in [-0.2, 0) is 92.5 Å². The molecule has 33 nitrogen and oxygen atoms in total. The zero-order chi connectivity index (χ0) is 73.7. The molecule has 0 spiro atoms. The van der Waals surface area contributed by atoms with Crippen LogP contribution in [0.3, 0.4) is 0 Å². The van der Waals surface area contributed by atoms with E-state index in [4.69, 9.17) is 41.0 Å². The molecule has 3 rings (SSSR count). The Kier molecular flexibility index (Phi) is 44.4. The molecule has 558 valence electrons. The topological polar surface area (TPSA) is 490 Å². The van der Waals surface area contributed by atoms with E-state index in [2.05, 4.69) is 53.0 Å². The van der Waals surface area contributed by atoms with Crippen LogP contribution < -0.4 is 65.1 Å². The van der Waals surface area contributed by atoms with Gasteiger partial charge in [-0.1, -0.05) is 79.4 Å². The quantitative estimate of drug-likeness (QED) is 0.0151. The minimum Gasteiger partial charge on any atom is -0.508 e. The first-order valence-electron chi connectivity index (χ1n) is 33.0. The van der Waals surface area contributed by atoms with Gasteiger partial charge in [0.25, 0.3) is 5.91 Å². The smallest absolute Gasteiger partial charge is 0.260 e. The van der Waals surface area contributed by atoms with E-state index in [1.54, 1.807) is 32.9 Å². The Balaban J connectivity index is 0.00000122. The van der Waals surface area contributed by atoms with Gasteiger partial charge in [0.05, 0.1) is 72.0 Å². The van der Waals surface area contributed by atoms with Gasteiger partial charge < -0.3 is 98.8 Å². The van der Waals surface area contributed by atoms with E-state index in [-0.39, 0.29) is 87.0 Å². The van der Waals surface area contributed by atoms with Crippen molar-refractivity contribution in [1.29, 1.82) is 0 Å². The molecular weight excluding hydrogens is 1340 g/mol. The number of phenolic OH excluding ortho intramolecular Hbond substituents is 1. The maximum atomic E-state index is 14.3. The number of likely N-dealkylation sites (tertiary alicyclic amines) is 1. The van der Waals surface area contributed by atoms with Crippen molar-refractivity contribution in [3.05, 3.63) is 29.8 Å². The van der Waals surface area contributed by atoms with Crippen LogP contribution in [-0.4, -0.2) is 239 Å². The van der Waals surface area contributed by atoms with E-state index in [1.807, 2.05) is 13.8 Å². The molecular formula is C63H103FN14O19S2. The van der Waals surface area contributed by atoms with Gasteiger partial charge in [-0.25, -0.2) is 4.39 Å². The third-order valence-corrected chi connectivity index (χ3v) is 17.4. The van der Waals surface area contributed by atoms with Crippen LogP contribution in [0.5, 0.6) is 5.75 Å². The minimum absolute atomic E-state index is 0.000945. The normalized spacial score (nSPS) is 20.3. The average Bonchev–Trinajstić information content (AvgIpc) is 1.83. The number of halogens is 1. The number of hydrogen-bond donors (Lipinski definition) is 13. The molecule has 9 atom stereocenters. The second-order valence-electron chi connectivity index (χ2n) is 23.8. The molecule has 0 aliphatic carbocycles. The molecule has 0 aromatic heterocycles. The van der Waals surface area contributed by atoms with Gasteiger partial charge in [0.15, 0.2) is 6.61 Å². The Morgan fingerprint density at radius 2 is 1.34 bits per heavy atom. The number of primary amides is 3. The summed E-state index contributed by atoms with van der Waals surface area (Å²) in [6.45, 7) is 12.3. The number of nitrogens with one attached hydrogen (secondary N) is 9. The molecule has 16 N–H and O–H groups in total. The van der Waals surface area contributed by atoms with Gasteiger partial charge in [0, 0.05) is 56.8 Å². The Morgan fingerprint density at radius 1 is 0.727 bits per heavy atom. The second kappa shape index (κ2) is 50.4. The van der Waals surface area contributed by atoms with Crippen LogP contribution >= 0.6 is 21.6 Å². The first kappa shape index (κ1) is 87.2. The van der Waals surface area contributed by atoms with Crippen molar-refractivity contribution in [2.75, 3.05) is 97.3 Å². The number of unbranched alkanes of at least 4 members (excludes halogenated alkanes) is 2. The minimum atomic E-state index is -1.47. The summed E-state index contributed by atoms with van der Waals surface area (Å²) in [5.74, 6) is -8.37. The lowest BCUT2D eigenvalue weighted by Crippen LogP contribution is -2.61. The second-order valence-corrected chi connectivity index (χ2v) is 26.3. The molecule has 1 aromatic carbocycles. The fourth-order valence-electron chi connectivity index (χ4n) is 9.49. The molecule has 0 saturated carbocycles. The number of alkyl halides is 1. The highest BCUT2D eigenvalue weighted by molar-refractivity contribution is 8.76. The Bertz CT molecular complexity index is 2760. The Hall–Kier alpha value is -7.93. The zero-order valence-electron chi connectivity index (χ0n) is 57.4. The molecule has 0 radical (unpaired) electrons. The van der Waals surface area contributed by atoms with Crippen molar-refractivity contribution < 1.29 is 95.6 Å². The summed E-state index contributed by atoms with van der Waals surface area (Å²) in [5.41, 5.74) is 16.4. The third-order valence-electron chi connectivity index (χ3n) is 14.8. The van der Waals surface area contributed by atoms with Gasteiger partial charge in [-0.3, -0.25) is 62.3 Å². The molecule has 1 unspecified atom stereocenters. The van der Waals surface area contributed by atoms with Gasteiger partial charge in [-0.05, 0) is 75.0 Å². The maximum absolute atomic E-state index is 14.3. The van der Waals surface area contributed by atoms with E-state index in [0.717, 1.165) is 6.42 Å². The number of phenols is 1. The van der Waals surface area contributed by atoms with E-state index in [1.165, 1.54) is 51.8 Å². The summed E-state index contributed by atoms with van der Waals surface area (Å²) in [5, 5.41) is 37.4. The van der Waals surface area contributed by atoms with Gasteiger partial charge >= 0.3 is 0 Å². The number of nitrogens with zero attached hydrogens (tertiary/aromatic N) is 2. The lowest BCUT2D eigenvalue weighted by atomic mass is 9.96. The monoisotopic (exact) mass is 1440 g/mol. The Labute approximate surface area is 584 Å². The van der Waals surface area contributed by atoms with Crippen LogP contribution in [0.25, 0.3) is 0 Å². The number of ether oxygens (including phenoxy) is 4.